The molecule has 39 heavy (non-hydrogen) atoms. The van der Waals surface area contributed by atoms with Gasteiger partial charge >= 0.3 is 0 Å². The number of pyridine rings is 2. The van der Waals surface area contributed by atoms with E-state index in [1.165, 1.54) is 35.4 Å². The summed E-state index contributed by atoms with van der Waals surface area (Å²) in [7, 11) is 0. The Bertz CT molecular complexity index is 1510. The van der Waals surface area contributed by atoms with E-state index in [-0.39, 0.29) is 0 Å². The van der Waals surface area contributed by atoms with Gasteiger partial charge in [0, 0.05) is 23.6 Å². The van der Waals surface area contributed by atoms with Crippen molar-refractivity contribution in [3.63, 3.8) is 0 Å². The fourth-order valence-corrected chi connectivity index (χ4v) is 6.19. The monoisotopic (exact) mass is 528 g/mol. The summed E-state index contributed by atoms with van der Waals surface area (Å²) in [5, 5.41) is 0. The number of H-pyrrole nitrogens is 2. The number of carbonyl (C=O) groups excluding carboxylic acids is 1. The largest absolute Gasteiger partial charge is 0.364 e. The predicted molar refractivity (Wildman–Crippen MR) is 159 cm³/mol. The molecule has 0 saturated heterocycles. The number of aromatic nitrogens is 4. The first-order chi connectivity index (χ1) is 18.3. The molecule has 0 fully saturated rings. The Balaban J connectivity index is 0.000000158. The molecule has 0 aliphatic heterocycles. The second-order valence-corrected chi connectivity index (χ2v) is 13.7. The number of carbonyl (C=O) groups is 1. The van der Waals surface area contributed by atoms with Crippen molar-refractivity contribution in [3.8, 4) is 0 Å². The molecule has 4 aromatic rings. The van der Waals surface area contributed by atoms with Crippen LogP contribution in [0, 0.1) is 22.7 Å². The molecule has 2 aliphatic carbocycles. The Morgan fingerprint density at radius 2 is 1.31 bits per heavy atom. The van der Waals surface area contributed by atoms with Crippen LogP contribution in [-0.2, 0) is 32.2 Å². The maximum absolute atomic E-state index is 11.2. The van der Waals surface area contributed by atoms with Crippen molar-refractivity contribution in [2.45, 2.75) is 86.6 Å². The number of nitrogens with one attached hydrogen (secondary N) is 2. The molecule has 2 atom stereocenters. The van der Waals surface area contributed by atoms with Crippen LogP contribution in [0.5, 0.6) is 0 Å². The standard InChI is InChI=1S/C16H21N3O.C16H23N3/c1-16(2,3)10-4-5-11-9(6-10)7-12-13(18-11)8-14(19-12)15(17)20;1-16(2,3)11-4-5-13-10(6-11)7-14-15(19-13)8-12(9-17)18-14/h7-8,10,19H,4-6H2,1-3H3,(H2,17,20);7-8,11,18H,4-6,9,17H2,1-3H3. The molecule has 1 amide bonds. The molecule has 6 N–H and O–H groups in total. The molecule has 2 unspecified atom stereocenters. The highest BCUT2D eigenvalue weighted by molar-refractivity contribution is 5.96. The van der Waals surface area contributed by atoms with E-state index in [1.807, 2.05) is 0 Å². The Labute approximate surface area is 231 Å². The first-order valence-corrected chi connectivity index (χ1v) is 14.3. The van der Waals surface area contributed by atoms with Crippen molar-refractivity contribution >= 4 is 28.0 Å². The van der Waals surface area contributed by atoms with E-state index in [0.717, 1.165) is 59.4 Å². The highest BCUT2D eigenvalue weighted by Crippen LogP contribution is 2.38. The summed E-state index contributed by atoms with van der Waals surface area (Å²) < 4.78 is 0. The zero-order valence-electron chi connectivity index (χ0n) is 24.4. The molecule has 0 saturated carbocycles. The Morgan fingerprint density at radius 1 is 0.821 bits per heavy atom. The molecule has 6 rings (SSSR count). The van der Waals surface area contributed by atoms with E-state index in [0.29, 0.717) is 29.0 Å². The van der Waals surface area contributed by atoms with Gasteiger partial charge in [-0.3, -0.25) is 14.8 Å². The zero-order valence-corrected chi connectivity index (χ0v) is 24.4. The lowest BCUT2D eigenvalue weighted by atomic mass is 9.71. The van der Waals surface area contributed by atoms with E-state index in [2.05, 4.69) is 69.7 Å². The van der Waals surface area contributed by atoms with E-state index >= 15 is 0 Å². The predicted octanol–water partition coefficient (Wildman–Crippen LogP) is 5.99. The topological polar surface area (TPSA) is 126 Å². The van der Waals surface area contributed by atoms with Crippen LogP contribution in [0.4, 0.5) is 0 Å². The molecule has 0 bridgehead atoms. The molecule has 2 aliphatic rings. The van der Waals surface area contributed by atoms with Gasteiger partial charge in [-0.25, -0.2) is 0 Å². The van der Waals surface area contributed by atoms with Gasteiger partial charge in [-0.15, -0.1) is 0 Å². The maximum atomic E-state index is 11.2. The number of primary amides is 1. The zero-order chi connectivity index (χ0) is 28.1. The maximum Gasteiger partial charge on any atom is 0.265 e. The van der Waals surface area contributed by atoms with Crippen LogP contribution in [0.15, 0.2) is 24.3 Å². The second-order valence-electron chi connectivity index (χ2n) is 13.7. The van der Waals surface area contributed by atoms with Crippen LogP contribution < -0.4 is 11.5 Å². The van der Waals surface area contributed by atoms with Gasteiger partial charge in [-0.1, -0.05) is 41.5 Å². The van der Waals surface area contributed by atoms with E-state index < -0.39 is 5.91 Å². The Kier molecular flexibility index (Phi) is 7.08. The molecule has 4 aromatic heterocycles. The molecule has 7 nitrogen and oxygen atoms in total. The summed E-state index contributed by atoms with van der Waals surface area (Å²) in [6.07, 6.45) is 6.78. The minimum absolute atomic E-state index is 0.320. The third kappa shape index (κ3) is 5.74. The van der Waals surface area contributed by atoms with Crippen molar-refractivity contribution in [1.29, 1.82) is 0 Å². The number of nitrogens with two attached hydrogens (primary N) is 2. The average molecular weight is 529 g/mol. The average Bonchev–Trinajstić information content (AvgIpc) is 3.47. The van der Waals surface area contributed by atoms with Gasteiger partial charge in [-0.2, -0.15) is 0 Å². The van der Waals surface area contributed by atoms with Gasteiger partial charge in [0.25, 0.3) is 5.91 Å². The van der Waals surface area contributed by atoms with Crippen LogP contribution in [-0.4, -0.2) is 25.8 Å². The third-order valence-electron chi connectivity index (χ3n) is 8.92. The van der Waals surface area contributed by atoms with Crippen molar-refractivity contribution in [1.82, 2.24) is 19.9 Å². The fraction of sp³-hybridized carbons (Fsp3) is 0.531. The van der Waals surface area contributed by atoms with Gasteiger partial charge in [0.1, 0.15) is 5.69 Å². The normalized spacial score (nSPS) is 19.4. The fourth-order valence-electron chi connectivity index (χ4n) is 6.19. The van der Waals surface area contributed by atoms with Gasteiger partial charge < -0.3 is 21.4 Å². The number of nitrogens with zero attached hydrogens (tertiary/aromatic N) is 2. The number of fused-ring (bicyclic) bond motifs is 4. The van der Waals surface area contributed by atoms with Crippen molar-refractivity contribution in [2.75, 3.05) is 0 Å². The number of hydrogen-bond acceptors (Lipinski definition) is 4. The van der Waals surface area contributed by atoms with Crippen LogP contribution >= 0.6 is 0 Å². The number of rotatable bonds is 2. The number of aryl methyl sites for hydroxylation is 2. The first kappa shape index (κ1) is 27.4. The molecule has 0 radical (unpaired) electrons. The summed E-state index contributed by atoms with van der Waals surface area (Å²) in [6, 6.07) is 8.25. The lowest BCUT2D eigenvalue weighted by Crippen LogP contribution is -2.27. The van der Waals surface area contributed by atoms with Crippen LogP contribution in [0.1, 0.15) is 93.1 Å². The Morgan fingerprint density at radius 3 is 1.77 bits per heavy atom. The third-order valence-corrected chi connectivity index (χ3v) is 8.92. The van der Waals surface area contributed by atoms with Gasteiger partial charge in [0.05, 0.1) is 22.1 Å². The molecule has 0 aromatic carbocycles. The highest BCUT2D eigenvalue weighted by Gasteiger charge is 2.30. The quantitative estimate of drug-likeness (QED) is 0.255. The first-order valence-electron chi connectivity index (χ1n) is 14.3. The van der Waals surface area contributed by atoms with Gasteiger partial charge in [-0.05, 0) is 96.6 Å². The minimum Gasteiger partial charge on any atom is -0.364 e. The smallest absolute Gasteiger partial charge is 0.265 e. The van der Waals surface area contributed by atoms with E-state index in [1.54, 1.807) is 6.07 Å². The molecular weight excluding hydrogens is 484 g/mol. The second kappa shape index (κ2) is 10.1. The van der Waals surface area contributed by atoms with Gasteiger partial charge in [0.2, 0.25) is 0 Å². The highest BCUT2D eigenvalue weighted by atomic mass is 16.1. The molecular formula is C32H44N6O. The van der Waals surface area contributed by atoms with Crippen molar-refractivity contribution in [2.24, 2.45) is 34.1 Å². The minimum atomic E-state index is -0.437. The van der Waals surface area contributed by atoms with Crippen molar-refractivity contribution in [3.05, 3.63) is 58.2 Å². The van der Waals surface area contributed by atoms with Crippen molar-refractivity contribution < 1.29 is 4.79 Å². The summed E-state index contributed by atoms with van der Waals surface area (Å²) in [4.78, 5) is 27.2. The van der Waals surface area contributed by atoms with Crippen LogP contribution in [0.25, 0.3) is 22.1 Å². The Hall–Kier alpha value is -3.19. The molecule has 4 heterocycles. The van der Waals surface area contributed by atoms with E-state index in [4.69, 9.17) is 21.4 Å². The lowest BCUT2D eigenvalue weighted by Gasteiger charge is -2.34. The molecule has 7 heteroatoms. The summed E-state index contributed by atoms with van der Waals surface area (Å²) in [6.45, 7) is 14.5. The summed E-state index contributed by atoms with van der Waals surface area (Å²) in [5.74, 6) is 0.997. The summed E-state index contributed by atoms with van der Waals surface area (Å²) in [5.41, 5.74) is 22.3. The number of hydrogen-bond donors (Lipinski definition) is 4. The summed E-state index contributed by atoms with van der Waals surface area (Å²) >= 11 is 0. The van der Waals surface area contributed by atoms with E-state index in [9.17, 15) is 4.79 Å². The van der Waals surface area contributed by atoms with Gasteiger partial charge in [0.15, 0.2) is 0 Å². The molecule has 208 valence electrons. The lowest BCUT2D eigenvalue weighted by molar-refractivity contribution is 0.0996. The van der Waals surface area contributed by atoms with Crippen LogP contribution in [0.3, 0.4) is 0 Å². The SMILES string of the molecule is CC(C)(C)C1CCc2nc3cc(C(N)=O)[nH]c3cc2C1.CC(C)(C)C1CCc2nc3cc(CN)[nH]c3cc2C1. The number of aromatic amines is 2. The number of amides is 1. The molecule has 0 spiro atoms. The van der Waals surface area contributed by atoms with Crippen LogP contribution in [0.2, 0.25) is 0 Å².